The number of esters is 1. The Labute approximate surface area is 90.6 Å². The van der Waals surface area contributed by atoms with E-state index in [1.807, 2.05) is 6.08 Å². The molecule has 2 heteroatoms. The Morgan fingerprint density at radius 2 is 2.13 bits per heavy atom. The molecule has 15 heavy (non-hydrogen) atoms. The van der Waals surface area contributed by atoms with Crippen molar-refractivity contribution in [2.75, 3.05) is 6.61 Å². The van der Waals surface area contributed by atoms with Crippen molar-refractivity contribution in [1.29, 1.82) is 0 Å². The monoisotopic (exact) mass is 204 g/mol. The lowest BCUT2D eigenvalue weighted by atomic mass is 9.99. The molecule has 80 valence electrons. The van der Waals surface area contributed by atoms with Crippen molar-refractivity contribution in [3.05, 3.63) is 48.1 Å². The van der Waals surface area contributed by atoms with E-state index in [-0.39, 0.29) is 5.97 Å². The molecule has 2 nitrogen and oxygen atoms in total. The smallest absolute Gasteiger partial charge is 0.338 e. The molecule has 1 heterocycles. The Hall–Kier alpha value is -1.57. The van der Waals surface area contributed by atoms with Crippen LogP contribution in [0.5, 0.6) is 0 Å². The first-order valence-electron chi connectivity index (χ1n) is 4.97. The van der Waals surface area contributed by atoms with Gasteiger partial charge in [0.25, 0.3) is 0 Å². The van der Waals surface area contributed by atoms with Crippen LogP contribution < -0.4 is 0 Å². The summed E-state index contributed by atoms with van der Waals surface area (Å²) in [6.45, 7) is 11.9. The van der Waals surface area contributed by atoms with Gasteiger partial charge in [0.05, 0.1) is 5.57 Å². The van der Waals surface area contributed by atoms with Crippen LogP contribution in [0.2, 0.25) is 0 Å². The van der Waals surface area contributed by atoms with Gasteiger partial charge in [0.2, 0.25) is 0 Å². The molecular weight excluding hydrogens is 188 g/mol. The first-order valence-corrected chi connectivity index (χ1v) is 4.97. The van der Waals surface area contributed by atoms with E-state index in [9.17, 15) is 4.79 Å². The molecule has 0 aliphatic carbocycles. The van der Waals surface area contributed by atoms with Gasteiger partial charge in [-0.2, -0.15) is 0 Å². The molecule has 0 N–H and O–H groups in total. The summed E-state index contributed by atoms with van der Waals surface area (Å²) < 4.78 is 4.93. The summed E-state index contributed by atoms with van der Waals surface area (Å²) in [6.07, 6.45) is 5.31. The number of carbonyl (C=O) groups excluding carboxylic acids is 1. The molecule has 0 saturated carbocycles. The number of rotatable bonds is 4. The van der Waals surface area contributed by atoms with Crippen LogP contribution in [0, 0.1) is 5.92 Å². The van der Waals surface area contributed by atoms with Crippen LogP contribution in [0.3, 0.4) is 0 Å². The minimum atomic E-state index is -0.289. The summed E-state index contributed by atoms with van der Waals surface area (Å²) in [6, 6.07) is 0. The summed E-state index contributed by atoms with van der Waals surface area (Å²) in [4.78, 5) is 11.2. The van der Waals surface area contributed by atoms with Crippen molar-refractivity contribution >= 4 is 5.97 Å². The van der Waals surface area contributed by atoms with Crippen LogP contribution in [0.25, 0.3) is 0 Å². The summed E-state index contributed by atoms with van der Waals surface area (Å²) in [5, 5.41) is 0. The standard InChI is InChI=1S/C13H16O2/c1-5-10(9(3)4)7-11-8-15-13(14)12(11)6-2/h5-7,9H,1-2,8H2,3-4H3/b10-7+. The van der Waals surface area contributed by atoms with Gasteiger partial charge in [-0.3, -0.25) is 0 Å². The second-order valence-corrected chi connectivity index (χ2v) is 3.72. The second-order valence-electron chi connectivity index (χ2n) is 3.72. The van der Waals surface area contributed by atoms with Crippen molar-refractivity contribution < 1.29 is 9.53 Å². The molecule has 0 amide bonds. The van der Waals surface area contributed by atoms with Crippen LogP contribution in [0.15, 0.2) is 48.1 Å². The molecule has 0 spiro atoms. The average Bonchev–Trinajstić information content (AvgIpc) is 2.54. The van der Waals surface area contributed by atoms with Crippen molar-refractivity contribution in [1.82, 2.24) is 0 Å². The van der Waals surface area contributed by atoms with Gasteiger partial charge in [-0.05, 0) is 11.5 Å². The maximum Gasteiger partial charge on any atom is 0.338 e. The summed E-state index contributed by atoms with van der Waals surface area (Å²) in [7, 11) is 0. The van der Waals surface area contributed by atoms with Crippen LogP contribution in [0.4, 0.5) is 0 Å². The van der Waals surface area contributed by atoms with Gasteiger partial charge in [0.1, 0.15) is 6.61 Å². The van der Waals surface area contributed by atoms with Crippen molar-refractivity contribution in [2.24, 2.45) is 5.92 Å². The first kappa shape index (κ1) is 11.5. The van der Waals surface area contributed by atoms with Crippen LogP contribution in [-0.2, 0) is 9.53 Å². The largest absolute Gasteiger partial charge is 0.457 e. The predicted molar refractivity (Wildman–Crippen MR) is 61.3 cm³/mol. The maximum absolute atomic E-state index is 11.2. The van der Waals surface area contributed by atoms with Crippen LogP contribution in [0.1, 0.15) is 13.8 Å². The molecule has 0 atom stereocenters. The van der Waals surface area contributed by atoms with Gasteiger partial charge in [0, 0.05) is 5.57 Å². The molecule has 0 unspecified atom stereocenters. The topological polar surface area (TPSA) is 26.3 Å². The van der Waals surface area contributed by atoms with Crippen LogP contribution in [-0.4, -0.2) is 12.6 Å². The molecule has 0 aromatic rings. The molecule has 0 aromatic heterocycles. The third kappa shape index (κ3) is 2.46. The van der Waals surface area contributed by atoms with E-state index in [1.165, 1.54) is 0 Å². The number of ether oxygens (including phenoxy) is 1. The fraction of sp³-hybridized carbons (Fsp3) is 0.308. The lowest BCUT2D eigenvalue weighted by Crippen LogP contribution is -1.95. The first-order chi connectivity index (χ1) is 7.10. The average molecular weight is 204 g/mol. The Balaban J connectivity index is 3.07. The second kappa shape index (κ2) is 4.78. The third-order valence-electron chi connectivity index (χ3n) is 2.37. The number of cyclic esters (lactones) is 1. The molecule has 0 radical (unpaired) electrons. The Morgan fingerprint density at radius 3 is 2.60 bits per heavy atom. The molecular formula is C13H16O2. The van der Waals surface area contributed by atoms with Gasteiger partial charge in [-0.25, -0.2) is 4.79 Å². The van der Waals surface area contributed by atoms with E-state index in [0.717, 1.165) is 11.1 Å². The zero-order chi connectivity index (χ0) is 11.4. The summed E-state index contributed by atoms with van der Waals surface area (Å²) >= 11 is 0. The number of hydrogen-bond acceptors (Lipinski definition) is 2. The summed E-state index contributed by atoms with van der Waals surface area (Å²) in [5.41, 5.74) is 2.55. The fourth-order valence-corrected chi connectivity index (χ4v) is 1.43. The van der Waals surface area contributed by atoms with Gasteiger partial charge >= 0.3 is 5.97 Å². The Bertz CT molecular complexity index is 357. The highest BCUT2D eigenvalue weighted by Crippen LogP contribution is 2.21. The SMILES string of the molecule is C=CC1=C(/C=C(\C=C)C(C)C)COC1=O. The fourth-order valence-electron chi connectivity index (χ4n) is 1.43. The molecule has 0 fully saturated rings. The van der Waals surface area contributed by atoms with Crippen LogP contribution >= 0.6 is 0 Å². The number of allylic oxidation sites excluding steroid dienone is 2. The zero-order valence-electron chi connectivity index (χ0n) is 9.25. The normalized spacial score (nSPS) is 17.0. The van der Waals surface area contributed by atoms with Crippen molar-refractivity contribution in [2.45, 2.75) is 13.8 Å². The van der Waals surface area contributed by atoms with E-state index in [2.05, 4.69) is 27.0 Å². The highest BCUT2D eigenvalue weighted by molar-refractivity contribution is 5.95. The highest BCUT2D eigenvalue weighted by Gasteiger charge is 2.20. The molecule has 1 aliphatic rings. The quantitative estimate of drug-likeness (QED) is 0.520. The van der Waals surface area contributed by atoms with E-state index >= 15 is 0 Å². The van der Waals surface area contributed by atoms with E-state index in [0.29, 0.717) is 18.1 Å². The maximum atomic E-state index is 11.2. The molecule has 1 aliphatic heterocycles. The third-order valence-corrected chi connectivity index (χ3v) is 2.37. The van der Waals surface area contributed by atoms with E-state index in [1.54, 1.807) is 12.2 Å². The Morgan fingerprint density at radius 1 is 1.47 bits per heavy atom. The molecule has 0 saturated heterocycles. The summed E-state index contributed by atoms with van der Waals surface area (Å²) in [5.74, 6) is 0.0974. The van der Waals surface area contributed by atoms with Gasteiger partial charge in [0.15, 0.2) is 0 Å². The van der Waals surface area contributed by atoms with Gasteiger partial charge in [-0.1, -0.05) is 45.2 Å². The van der Waals surface area contributed by atoms with Gasteiger partial charge in [-0.15, -0.1) is 0 Å². The minimum Gasteiger partial charge on any atom is -0.457 e. The lowest BCUT2D eigenvalue weighted by Gasteiger charge is -2.05. The van der Waals surface area contributed by atoms with Crippen molar-refractivity contribution in [3.63, 3.8) is 0 Å². The lowest BCUT2D eigenvalue weighted by molar-refractivity contribution is -0.135. The zero-order valence-corrected chi connectivity index (χ0v) is 9.25. The van der Waals surface area contributed by atoms with E-state index in [4.69, 9.17) is 4.74 Å². The number of hydrogen-bond donors (Lipinski definition) is 0. The Kier molecular flexibility index (Phi) is 3.67. The molecule has 0 aromatic carbocycles. The van der Waals surface area contributed by atoms with Crippen molar-refractivity contribution in [3.8, 4) is 0 Å². The van der Waals surface area contributed by atoms with E-state index < -0.39 is 0 Å². The molecule has 0 bridgehead atoms. The predicted octanol–water partition coefficient (Wildman–Crippen LogP) is 2.79. The molecule has 1 rings (SSSR count). The number of carbonyl (C=O) groups is 1. The highest BCUT2D eigenvalue weighted by atomic mass is 16.5. The minimum absolute atomic E-state index is 0.289. The van der Waals surface area contributed by atoms with Gasteiger partial charge < -0.3 is 4.74 Å².